The largest absolute Gasteiger partial charge is 0.468 e. The molecule has 0 radical (unpaired) electrons. The molecule has 1 N–H and O–H groups in total. The van der Waals surface area contributed by atoms with Crippen LogP contribution < -0.4 is 5.32 Å². The van der Waals surface area contributed by atoms with Gasteiger partial charge in [-0.1, -0.05) is 30.4 Å². The zero-order chi connectivity index (χ0) is 12.8. The fourth-order valence-electron chi connectivity index (χ4n) is 1.37. The molecule has 0 aliphatic carbocycles. The number of hydrogen-bond donors (Lipinski definition) is 1. The van der Waals surface area contributed by atoms with E-state index in [-0.39, 0.29) is 12.5 Å². The lowest BCUT2D eigenvalue weighted by Crippen LogP contribution is -2.30. The number of methoxy groups -OCH3 is 1. The Bertz CT molecular complexity index is 452. The quantitative estimate of drug-likeness (QED) is 0.804. The summed E-state index contributed by atoms with van der Waals surface area (Å²) in [5.74, 6) is -0.792. The van der Waals surface area contributed by atoms with Gasteiger partial charge in [-0.3, -0.25) is 9.59 Å². The summed E-state index contributed by atoms with van der Waals surface area (Å²) in [4.78, 5) is 22.7. The van der Waals surface area contributed by atoms with Gasteiger partial charge in [-0.2, -0.15) is 0 Å². The van der Waals surface area contributed by atoms with Crippen LogP contribution in [0.1, 0.15) is 22.8 Å². The Morgan fingerprint density at radius 3 is 2.41 bits per heavy atom. The van der Waals surface area contributed by atoms with Crippen molar-refractivity contribution in [2.45, 2.75) is 6.92 Å². The first-order chi connectivity index (χ1) is 8.06. The van der Waals surface area contributed by atoms with E-state index < -0.39 is 5.97 Å². The summed E-state index contributed by atoms with van der Waals surface area (Å²) in [7, 11) is 1.27. The van der Waals surface area contributed by atoms with Crippen molar-refractivity contribution in [3.8, 4) is 0 Å². The number of carbonyl (C=O) groups excluding carboxylic acids is 2. The molecule has 0 spiro atoms. The van der Waals surface area contributed by atoms with Crippen molar-refractivity contribution >= 4 is 17.4 Å². The van der Waals surface area contributed by atoms with Crippen LogP contribution >= 0.6 is 0 Å². The van der Waals surface area contributed by atoms with Crippen molar-refractivity contribution < 1.29 is 14.3 Å². The van der Waals surface area contributed by atoms with Crippen LogP contribution in [0, 0.1) is 0 Å². The van der Waals surface area contributed by atoms with Gasteiger partial charge in [-0.05, 0) is 18.6 Å². The molecule has 1 aromatic carbocycles. The molecule has 0 bridgehead atoms. The van der Waals surface area contributed by atoms with Gasteiger partial charge in [-0.15, -0.1) is 0 Å². The van der Waals surface area contributed by atoms with Crippen LogP contribution in [0.4, 0.5) is 0 Å². The van der Waals surface area contributed by atoms with Gasteiger partial charge in [0.1, 0.15) is 6.54 Å². The van der Waals surface area contributed by atoms with E-state index in [9.17, 15) is 9.59 Å². The highest BCUT2D eigenvalue weighted by Gasteiger charge is 2.12. The summed E-state index contributed by atoms with van der Waals surface area (Å²) in [5, 5.41) is 2.49. The molecule has 90 valence electrons. The van der Waals surface area contributed by atoms with Gasteiger partial charge in [0.05, 0.1) is 7.11 Å². The molecule has 4 heteroatoms. The average Bonchev–Trinajstić information content (AvgIpc) is 2.35. The molecule has 0 saturated heterocycles. The van der Waals surface area contributed by atoms with Crippen LogP contribution in [0.2, 0.25) is 0 Å². The Labute approximate surface area is 100 Å². The van der Waals surface area contributed by atoms with Crippen LogP contribution in [0.25, 0.3) is 5.57 Å². The SMILES string of the molecule is C=C(C)c1ccccc1C(=O)NCC(=O)OC. The van der Waals surface area contributed by atoms with E-state index in [1.165, 1.54) is 7.11 Å². The second-order valence-corrected chi connectivity index (χ2v) is 3.58. The van der Waals surface area contributed by atoms with Gasteiger partial charge < -0.3 is 10.1 Å². The first-order valence-electron chi connectivity index (χ1n) is 5.16. The van der Waals surface area contributed by atoms with Crippen molar-refractivity contribution in [2.75, 3.05) is 13.7 Å². The highest BCUT2D eigenvalue weighted by Crippen LogP contribution is 2.16. The molecule has 4 nitrogen and oxygen atoms in total. The normalized spacial score (nSPS) is 9.53. The van der Waals surface area contributed by atoms with Gasteiger partial charge in [-0.25, -0.2) is 0 Å². The van der Waals surface area contributed by atoms with E-state index in [1.807, 2.05) is 19.1 Å². The second kappa shape index (κ2) is 5.84. The highest BCUT2D eigenvalue weighted by molar-refractivity contribution is 6.00. The van der Waals surface area contributed by atoms with Crippen LogP contribution in [0.3, 0.4) is 0 Å². The molecule has 0 fully saturated rings. The van der Waals surface area contributed by atoms with Crippen molar-refractivity contribution in [2.24, 2.45) is 0 Å². The van der Waals surface area contributed by atoms with E-state index in [0.717, 1.165) is 11.1 Å². The van der Waals surface area contributed by atoms with Gasteiger partial charge in [0, 0.05) is 5.56 Å². The van der Waals surface area contributed by atoms with Gasteiger partial charge in [0.2, 0.25) is 0 Å². The highest BCUT2D eigenvalue weighted by atomic mass is 16.5. The summed E-state index contributed by atoms with van der Waals surface area (Å²) in [6.07, 6.45) is 0. The summed E-state index contributed by atoms with van der Waals surface area (Å²) in [6, 6.07) is 7.10. The first kappa shape index (κ1) is 13.0. The lowest BCUT2D eigenvalue weighted by Gasteiger charge is -2.09. The van der Waals surface area contributed by atoms with Gasteiger partial charge in [0.25, 0.3) is 5.91 Å². The molecule has 17 heavy (non-hydrogen) atoms. The lowest BCUT2D eigenvalue weighted by atomic mass is 10.0. The molecule has 0 atom stereocenters. The predicted molar refractivity (Wildman–Crippen MR) is 65.5 cm³/mol. The second-order valence-electron chi connectivity index (χ2n) is 3.58. The van der Waals surface area contributed by atoms with Crippen LogP contribution in [-0.4, -0.2) is 25.5 Å². The number of rotatable bonds is 4. The summed E-state index contributed by atoms with van der Waals surface area (Å²) < 4.78 is 4.44. The fourth-order valence-corrected chi connectivity index (χ4v) is 1.37. The number of amides is 1. The number of carbonyl (C=O) groups is 2. The molecule has 1 aromatic rings. The summed E-state index contributed by atoms with van der Waals surface area (Å²) in [5.41, 5.74) is 2.08. The van der Waals surface area contributed by atoms with Crippen molar-refractivity contribution in [3.63, 3.8) is 0 Å². The maximum atomic E-state index is 11.8. The third kappa shape index (κ3) is 3.45. The Balaban J connectivity index is 2.82. The van der Waals surface area contributed by atoms with Crippen LogP contribution in [-0.2, 0) is 9.53 Å². The van der Waals surface area contributed by atoms with Crippen molar-refractivity contribution in [1.29, 1.82) is 0 Å². The van der Waals surface area contributed by atoms with Crippen molar-refractivity contribution in [1.82, 2.24) is 5.32 Å². The minimum absolute atomic E-state index is 0.139. The molecular formula is C13H15NO3. The Morgan fingerprint density at radius 2 is 1.88 bits per heavy atom. The Morgan fingerprint density at radius 1 is 1.29 bits per heavy atom. The van der Waals surface area contributed by atoms with E-state index in [2.05, 4.69) is 16.6 Å². The minimum Gasteiger partial charge on any atom is -0.468 e. The number of allylic oxidation sites excluding steroid dienone is 1. The number of ether oxygens (including phenoxy) is 1. The average molecular weight is 233 g/mol. The number of esters is 1. The van der Waals surface area contributed by atoms with Gasteiger partial charge in [0.15, 0.2) is 0 Å². The maximum Gasteiger partial charge on any atom is 0.325 e. The molecule has 1 rings (SSSR count). The number of nitrogens with one attached hydrogen (secondary N) is 1. The number of benzene rings is 1. The zero-order valence-electron chi connectivity index (χ0n) is 9.95. The zero-order valence-corrected chi connectivity index (χ0v) is 9.95. The Hall–Kier alpha value is -2.10. The standard InChI is InChI=1S/C13H15NO3/c1-9(2)10-6-4-5-7-11(10)13(16)14-8-12(15)17-3/h4-7H,1,8H2,2-3H3,(H,14,16). The van der Waals surface area contributed by atoms with E-state index in [1.54, 1.807) is 12.1 Å². The predicted octanol–water partition coefficient (Wildman–Crippen LogP) is 1.62. The minimum atomic E-state index is -0.480. The molecule has 0 heterocycles. The third-order valence-corrected chi connectivity index (χ3v) is 2.25. The fraction of sp³-hybridized carbons (Fsp3) is 0.231. The molecule has 0 aliphatic heterocycles. The van der Waals surface area contributed by atoms with Crippen molar-refractivity contribution in [3.05, 3.63) is 42.0 Å². The first-order valence-corrected chi connectivity index (χ1v) is 5.16. The molecule has 0 aromatic heterocycles. The lowest BCUT2D eigenvalue weighted by molar-refractivity contribution is -0.139. The van der Waals surface area contributed by atoms with Gasteiger partial charge >= 0.3 is 5.97 Å². The van der Waals surface area contributed by atoms with E-state index >= 15 is 0 Å². The number of hydrogen-bond acceptors (Lipinski definition) is 3. The monoisotopic (exact) mass is 233 g/mol. The molecule has 0 aliphatic rings. The summed E-state index contributed by atoms with van der Waals surface area (Å²) >= 11 is 0. The van der Waals surface area contributed by atoms with E-state index in [0.29, 0.717) is 5.56 Å². The third-order valence-electron chi connectivity index (χ3n) is 2.25. The summed E-state index contributed by atoms with van der Waals surface area (Å²) in [6.45, 7) is 5.49. The smallest absolute Gasteiger partial charge is 0.325 e. The molecule has 0 unspecified atom stereocenters. The Kier molecular flexibility index (Phi) is 4.46. The molecular weight excluding hydrogens is 218 g/mol. The molecule has 1 amide bonds. The molecule has 0 saturated carbocycles. The van der Waals surface area contributed by atoms with Crippen LogP contribution in [0.5, 0.6) is 0 Å². The van der Waals surface area contributed by atoms with Crippen LogP contribution in [0.15, 0.2) is 30.8 Å². The maximum absolute atomic E-state index is 11.8. The van der Waals surface area contributed by atoms with E-state index in [4.69, 9.17) is 0 Å². The topological polar surface area (TPSA) is 55.4 Å².